The van der Waals surface area contributed by atoms with E-state index in [1.807, 2.05) is 13.8 Å². The average Bonchev–Trinajstić information content (AvgIpc) is 3.12. The first kappa shape index (κ1) is 41.2. The Labute approximate surface area is 322 Å². The molecule has 6 rings (SSSR count). The number of aromatic hydroxyl groups is 1. The molecule has 55 heavy (non-hydrogen) atoms. The Morgan fingerprint density at radius 1 is 0.727 bits per heavy atom. The minimum atomic E-state index is -1.20. The minimum Gasteiger partial charge on any atom is -0.508 e. The summed E-state index contributed by atoms with van der Waals surface area (Å²) < 4.78 is 0. The van der Waals surface area contributed by atoms with E-state index >= 15 is 0 Å². The molecule has 2 aromatic carbocycles. The van der Waals surface area contributed by atoms with Gasteiger partial charge in [0.05, 0.1) is 12.6 Å². The lowest BCUT2D eigenvalue weighted by molar-refractivity contribution is -0.142. The second-order valence-corrected chi connectivity index (χ2v) is 16.4. The molecule has 14 nitrogen and oxygen atoms in total. The van der Waals surface area contributed by atoms with Crippen LogP contribution in [0.1, 0.15) is 82.8 Å². The lowest BCUT2D eigenvalue weighted by atomic mass is 9.53. The van der Waals surface area contributed by atoms with Crippen molar-refractivity contribution in [2.75, 3.05) is 6.54 Å². The van der Waals surface area contributed by atoms with E-state index in [1.54, 1.807) is 42.5 Å². The Bertz CT molecular complexity index is 1650. The first-order chi connectivity index (χ1) is 26.2. The molecule has 0 heterocycles. The van der Waals surface area contributed by atoms with Crippen molar-refractivity contribution in [3.05, 3.63) is 65.7 Å². The van der Waals surface area contributed by atoms with E-state index in [0.717, 1.165) is 24.8 Å². The number of amides is 5. The number of carboxylic acids is 1. The molecule has 2 aromatic rings. The zero-order valence-corrected chi connectivity index (χ0v) is 31.7. The van der Waals surface area contributed by atoms with E-state index in [1.165, 1.54) is 31.4 Å². The van der Waals surface area contributed by atoms with Gasteiger partial charge in [-0.25, -0.2) is 4.79 Å². The third-order valence-electron chi connectivity index (χ3n) is 11.1. The standard InChI is InChI=1S/C41H56N6O8/c1-24(2)14-34(40(54)55)46-39(53)33(19-25-6-4-3-5-7-25)44-36(50)23-43-38(52)32(45-37(51)31(42)18-26-8-10-30(48)11-9-26)12-13-35(49)47-41-20-27-15-28(21-41)17-29(16-27)22-41/h3-11,24,27-29,31-34,48H,12-23,42H2,1-2H3,(H,43,52)(H,44,50)(H,45,51)(H,46,53)(H,47,49)(H,54,55)/t27?,28?,29?,31-,32-,33-,34-,41?/m0/s1. The maximum absolute atomic E-state index is 13.6. The zero-order chi connectivity index (χ0) is 39.7. The molecule has 0 saturated heterocycles. The molecule has 4 aliphatic rings. The van der Waals surface area contributed by atoms with Gasteiger partial charge in [-0.1, -0.05) is 56.3 Å². The normalized spacial score (nSPS) is 23.2. The topological polar surface area (TPSA) is 229 Å². The van der Waals surface area contributed by atoms with Crippen molar-refractivity contribution in [1.82, 2.24) is 26.6 Å². The first-order valence-electron chi connectivity index (χ1n) is 19.5. The molecule has 4 saturated carbocycles. The van der Waals surface area contributed by atoms with Crippen molar-refractivity contribution in [2.45, 2.75) is 114 Å². The van der Waals surface area contributed by atoms with Crippen LogP contribution in [0, 0.1) is 23.7 Å². The van der Waals surface area contributed by atoms with Gasteiger partial charge in [-0.3, -0.25) is 24.0 Å². The monoisotopic (exact) mass is 760 g/mol. The second kappa shape index (κ2) is 18.6. The maximum atomic E-state index is 13.6. The quantitative estimate of drug-likeness (QED) is 0.105. The van der Waals surface area contributed by atoms with Crippen molar-refractivity contribution in [3.63, 3.8) is 0 Å². The van der Waals surface area contributed by atoms with E-state index in [4.69, 9.17) is 5.73 Å². The molecule has 0 aliphatic heterocycles. The van der Waals surface area contributed by atoms with Gasteiger partial charge in [0.2, 0.25) is 29.5 Å². The van der Waals surface area contributed by atoms with Crippen LogP contribution < -0.4 is 32.3 Å². The number of aliphatic carboxylic acids is 1. The summed E-state index contributed by atoms with van der Waals surface area (Å²) in [6, 6.07) is 10.6. The predicted octanol–water partition coefficient (Wildman–Crippen LogP) is 2.07. The number of hydrogen-bond donors (Lipinski definition) is 8. The van der Waals surface area contributed by atoms with Crippen LogP contribution in [0.5, 0.6) is 5.75 Å². The zero-order valence-electron chi connectivity index (χ0n) is 31.7. The van der Waals surface area contributed by atoms with Gasteiger partial charge in [0.15, 0.2) is 0 Å². The SMILES string of the molecule is CC(C)C[C@H](NC(=O)[C@H](Cc1ccccc1)NC(=O)CNC(=O)[C@H](CCC(=O)NC12CC3CC(CC(C3)C1)C2)NC(=O)[C@@H](N)Cc1ccc(O)cc1)C(=O)O. The first-order valence-corrected chi connectivity index (χ1v) is 19.5. The molecule has 4 aliphatic carbocycles. The number of phenolic OH excluding ortho intramolecular Hbond substituents is 1. The number of hydrogen-bond acceptors (Lipinski definition) is 8. The molecule has 0 unspecified atom stereocenters. The Kier molecular flexibility index (Phi) is 13.9. The number of carbonyl (C=O) groups is 6. The van der Waals surface area contributed by atoms with Gasteiger partial charge in [0, 0.05) is 18.4 Å². The number of nitrogens with two attached hydrogens (primary N) is 1. The van der Waals surface area contributed by atoms with Crippen LogP contribution in [0.2, 0.25) is 0 Å². The van der Waals surface area contributed by atoms with Gasteiger partial charge >= 0.3 is 5.97 Å². The van der Waals surface area contributed by atoms with E-state index in [0.29, 0.717) is 23.3 Å². The van der Waals surface area contributed by atoms with Crippen molar-refractivity contribution in [2.24, 2.45) is 29.4 Å². The van der Waals surface area contributed by atoms with Crippen molar-refractivity contribution >= 4 is 35.5 Å². The summed E-state index contributed by atoms with van der Waals surface area (Å²) in [6.45, 7) is 3.11. The molecule has 5 amide bonds. The van der Waals surface area contributed by atoms with Crippen LogP contribution in [0.3, 0.4) is 0 Å². The van der Waals surface area contributed by atoms with E-state index in [-0.39, 0.29) is 55.2 Å². The lowest BCUT2D eigenvalue weighted by Gasteiger charge is -2.57. The van der Waals surface area contributed by atoms with Gasteiger partial charge in [0.25, 0.3) is 0 Å². The molecule has 0 spiro atoms. The van der Waals surface area contributed by atoms with Crippen molar-refractivity contribution in [3.8, 4) is 5.75 Å². The second-order valence-electron chi connectivity index (χ2n) is 16.4. The van der Waals surface area contributed by atoms with Crippen molar-refractivity contribution in [1.29, 1.82) is 0 Å². The maximum Gasteiger partial charge on any atom is 0.326 e. The number of phenols is 1. The largest absolute Gasteiger partial charge is 0.508 e. The number of nitrogens with one attached hydrogen (secondary N) is 5. The molecule has 4 atom stereocenters. The van der Waals surface area contributed by atoms with Crippen LogP contribution >= 0.6 is 0 Å². The van der Waals surface area contributed by atoms with Crippen LogP contribution in [-0.2, 0) is 41.6 Å². The Morgan fingerprint density at radius 2 is 1.31 bits per heavy atom. The molecular weight excluding hydrogens is 704 g/mol. The highest BCUT2D eigenvalue weighted by atomic mass is 16.4. The van der Waals surface area contributed by atoms with E-state index < -0.39 is 60.3 Å². The average molecular weight is 761 g/mol. The van der Waals surface area contributed by atoms with Crippen molar-refractivity contribution < 1.29 is 39.0 Å². The van der Waals surface area contributed by atoms with E-state index in [2.05, 4.69) is 26.6 Å². The molecule has 0 radical (unpaired) electrons. The molecular formula is C41H56N6O8. The highest BCUT2D eigenvalue weighted by Crippen LogP contribution is 2.55. The third-order valence-corrected chi connectivity index (χ3v) is 11.1. The minimum absolute atomic E-state index is 0.0160. The number of rotatable bonds is 19. The Morgan fingerprint density at radius 3 is 1.89 bits per heavy atom. The summed E-state index contributed by atoms with van der Waals surface area (Å²) in [6.07, 6.45) is 6.85. The summed E-state index contributed by atoms with van der Waals surface area (Å²) in [5.74, 6) is -2.21. The smallest absolute Gasteiger partial charge is 0.326 e. The van der Waals surface area contributed by atoms with E-state index in [9.17, 15) is 39.0 Å². The highest BCUT2D eigenvalue weighted by Gasteiger charge is 2.51. The Hall–Kier alpha value is -4.98. The van der Waals surface area contributed by atoms with Gasteiger partial charge < -0.3 is 42.5 Å². The third kappa shape index (κ3) is 12.0. The molecule has 4 bridgehead atoms. The molecule has 298 valence electrons. The molecule has 0 aromatic heterocycles. The van der Waals surface area contributed by atoms with Gasteiger partial charge in [-0.2, -0.15) is 0 Å². The fourth-order valence-corrected chi connectivity index (χ4v) is 8.98. The Balaban J connectivity index is 1.22. The summed E-state index contributed by atoms with van der Waals surface area (Å²) in [5, 5.41) is 33.0. The number of carboxylic acid groups (broad SMARTS) is 1. The fourth-order valence-electron chi connectivity index (χ4n) is 8.98. The summed E-state index contributed by atoms with van der Waals surface area (Å²) in [4.78, 5) is 78.7. The van der Waals surface area contributed by atoms with Crippen LogP contribution in [-0.4, -0.2) is 82.0 Å². The number of benzene rings is 2. The predicted molar refractivity (Wildman–Crippen MR) is 204 cm³/mol. The highest BCUT2D eigenvalue weighted by molar-refractivity contribution is 5.94. The summed E-state index contributed by atoms with van der Waals surface area (Å²) >= 11 is 0. The van der Waals surface area contributed by atoms with Crippen LogP contribution in [0.4, 0.5) is 0 Å². The van der Waals surface area contributed by atoms with Gasteiger partial charge in [-0.15, -0.1) is 0 Å². The van der Waals surface area contributed by atoms with Crippen LogP contribution in [0.15, 0.2) is 54.6 Å². The molecule has 4 fully saturated rings. The van der Waals surface area contributed by atoms with Crippen LogP contribution in [0.25, 0.3) is 0 Å². The number of carbonyl (C=O) groups excluding carboxylic acids is 5. The van der Waals surface area contributed by atoms with Gasteiger partial charge in [-0.05, 0) is 105 Å². The summed E-state index contributed by atoms with van der Waals surface area (Å²) in [5.41, 5.74) is 7.41. The lowest BCUT2D eigenvalue weighted by Crippen LogP contribution is -2.60. The van der Waals surface area contributed by atoms with Gasteiger partial charge in [0.1, 0.15) is 23.9 Å². The summed E-state index contributed by atoms with van der Waals surface area (Å²) in [7, 11) is 0. The molecule has 14 heteroatoms. The fraction of sp³-hybridized carbons (Fsp3) is 0.561. The molecule has 9 N–H and O–H groups in total.